The van der Waals surface area contributed by atoms with Gasteiger partial charge < -0.3 is 16.0 Å². The molecule has 4 rings (SSSR count). The van der Waals surface area contributed by atoms with E-state index in [9.17, 15) is 9.59 Å². The van der Waals surface area contributed by atoms with Crippen LogP contribution in [0.3, 0.4) is 0 Å². The minimum atomic E-state index is -0.527. The van der Waals surface area contributed by atoms with Gasteiger partial charge in [-0.05, 0) is 24.6 Å². The van der Waals surface area contributed by atoms with Crippen molar-refractivity contribution in [3.8, 4) is 11.4 Å². The number of carbonyl (C=O) groups is 2. The topological polar surface area (TPSA) is 131 Å². The van der Waals surface area contributed by atoms with E-state index >= 15 is 0 Å². The zero-order valence-electron chi connectivity index (χ0n) is 16.3. The number of pyridine rings is 2. The van der Waals surface area contributed by atoms with Crippen LogP contribution in [0.2, 0.25) is 0 Å². The zero-order valence-corrected chi connectivity index (χ0v) is 16.3. The number of nitrogens with two attached hydrogens (primary N) is 1. The largest absolute Gasteiger partial charge is 0.404 e. The number of amides is 2. The van der Waals surface area contributed by atoms with Gasteiger partial charge >= 0.3 is 0 Å². The Bertz CT molecular complexity index is 1160. The van der Waals surface area contributed by atoms with E-state index in [0.717, 1.165) is 18.2 Å². The molecule has 10 heteroatoms. The molecular formula is C20H20N8O2. The predicted octanol–water partition coefficient (Wildman–Crippen LogP) is 0.875. The van der Waals surface area contributed by atoms with E-state index in [-0.39, 0.29) is 17.2 Å². The quantitative estimate of drug-likeness (QED) is 0.479. The average molecular weight is 404 g/mol. The van der Waals surface area contributed by atoms with Crippen molar-refractivity contribution in [3.63, 3.8) is 0 Å². The fourth-order valence-electron chi connectivity index (χ4n) is 3.06. The van der Waals surface area contributed by atoms with E-state index in [4.69, 9.17) is 5.73 Å². The van der Waals surface area contributed by atoms with Gasteiger partial charge in [0.1, 0.15) is 5.71 Å². The summed E-state index contributed by atoms with van der Waals surface area (Å²) in [5, 5.41) is 7.17. The van der Waals surface area contributed by atoms with Gasteiger partial charge in [0.25, 0.3) is 11.8 Å². The Balaban J connectivity index is 1.55. The van der Waals surface area contributed by atoms with Gasteiger partial charge in [-0.25, -0.2) is 9.50 Å². The number of nitrogens with zero attached hydrogens (tertiary/aromatic N) is 6. The van der Waals surface area contributed by atoms with Gasteiger partial charge in [-0.3, -0.25) is 19.6 Å². The molecule has 0 radical (unpaired) electrons. The summed E-state index contributed by atoms with van der Waals surface area (Å²) in [4.78, 5) is 39.4. The van der Waals surface area contributed by atoms with E-state index in [1.165, 1.54) is 7.05 Å². The van der Waals surface area contributed by atoms with Crippen molar-refractivity contribution in [1.82, 2.24) is 24.5 Å². The number of likely N-dealkylation sites (tertiary alicyclic amines) is 1. The summed E-state index contributed by atoms with van der Waals surface area (Å²) in [6, 6.07) is 7.01. The number of aliphatic imine (C=N–C) groups is 1. The number of hydrogen-bond acceptors (Lipinski definition) is 7. The third-order valence-corrected chi connectivity index (χ3v) is 4.77. The standard InChI is InChI=1S/C20H20N8O2/c1-22-17(15(12-21)20(30)27-8-2-9-27)19(29)24-14-5-10-28-16(11-14)25-18(26-28)13-3-6-23-7-4-13/h3-7,10-12H,2,8-9,21H2,1H3,(H,24,29). The summed E-state index contributed by atoms with van der Waals surface area (Å²) in [6.45, 7) is 1.30. The normalized spacial score (nSPS) is 14.5. The van der Waals surface area contributed by atoms with Crippen molar-refractivity contribution in [2.24, 2.45) is 10.7 Å². The second-order valence-corrected chi connectivity index (χ2v) is 6.64. The molecule has 4 heterocycles. The summed E-state index contributed by atoms with van der Waals surface area (Å²) < 4.78 is 1.61. The molecule has 3 aromatic rings. The van der Waals surface area contributed by atoms with Crippen LogP contribution in [-0.2, 0) is 9.59 Å². The number of carbonyl (C=O) groups excluding carboxylic acids is 2. The molecule has 1 fully saturated rings. The molecule has 0 bridgehead atoms. The van der Waals surface area contributed by atoms with Gasteiger partial charge in [0.05, 0.1) is 5.57 Å². The molecule has 3 N–H and O–H groups in total. The fraction of sp³-hybridized carbons (Fsp3) is 0.200. The van der Waals surface area contributed by atoms with Crippen LogP contribution in [0.1, 0.15) is 6.42 Å². The lowest BCUT2D eigenvalue weighted by Gasteiger charge is -2.31. The molecule has 30 heavy (non-hydrogen) atoms. The third kappa shape index (κ3) is 3.62. The molecule has 0 unspecified atom stereocenters. The zero-order chi connectivity index (χ0) is 21.1. The molecule has 2 amide bonds. The Morgan fingerprint density at radius 3 is 2.63 bits per heavy atom. The Hall–Kier alpha value is -4.08. The lowest BCUT2D eigenvalue weighted by atomic mass is 10.1. The van der Waals surface area contributed by atoms with E-state index in [2.05, 4.69) is 25.4 Å². The van der Waals surface area contributed by atoms with Crippen molar-refractivity contribution in [1.29, 1.82) is 0 Å². The van der Waals surface area contributed by atoms with E-state index < -0.39 is 5.91 Å². The average Bonchev–Trinajstić information content (AvgIpc) is 3.14. The van der Waals surface area contributed by atoms with Gasteiger partial charge in [0.2, 0.25) is 0 Å². The first-order valence-corrected chi connectivity index (χ1v) is 9.37. The van der Waals surface area contributed by atoms with Crippen molar-refractivity contribution < 1.29 is 9.59 Å². The van der Waals surface area contributed by atoms with Crippen LogP contribution < -0.4 is 11.1 Å². The molecule has 1 saturated heterocycles. The number of hydrogen-bond donors (Lipinski definition) is 2. The fourth-order valence-corrected chi connectivity index (χ4v) is 3.06. The number of fused-ring (bicyclic) bond motifs is 1. The molecule has 0 aromatic carbocycles. The SMILES string of the molecule is CN=C(C(=O)Nc1ccn2nc(-c3ccncc3)nc2c1)C(=CN)C(=O)N1CCC1. The van der Waals surface area contributed by atoms with Crippen LogP contribution in [0.25, 0.3) is 17.0 Å². The smallest absolute Gasteiger partial charge is 0.274 e. The third-order valence-electron chi connectivity index (χ3n) is 4.77. The van der Waals surface area contributed by atoms with Crippen LogP contribution in [0.5, 0.6) is 0 Å². The molecule has 0 aliphatic carbocycles. The van der Waals surface area contributed by atoms with Gasteiger partial charge in [0, 0.05) is 62.2 Å². The second kappa shape index (κ2) is 8.11. The summed E-state index contributed by atoms with van der Waals surface area (Å²) in [6.07, 6.45) is 7.10. The van der Waals surface area contributed by atoms with Crippen molar-refractivity contribution >= 4 is 28.9 Å². The van der Waals surface area contributed by atoms with Gasteiger partial charge in [-0.2, -0.15) is 0 Å². The summed E-state index contributed by atoms with van der Waals surface area (Å²) >= 11 is 0. The monoisotopic (exact) mass is 404 g/mol. The highest BCUT2D eigenvalue weighted by molar-refractivity contribution is 6.53. The molecule has 1 aliphatic heterocycles. The maximum absolute atomic E-state index is 12.8. The minimum absolute atomic E-state index is 0.0202. The number of aromatic nitrogens is 4. The van der Waals surface area contributed by atoms with Gasteiger partial charge in [0.15, 0.2) is 11.5 Å². The first-order valence-electron chi connectivity index (χ1n) is 9.37. The molecule has 3 aromatic heterocycles. The lowest BCUT2D eigenvalue weighted by molar-refractivity contribution is -0.130. The van der Waals surface area contributed by atoms with Crippen LogP contribution in [0.15, 0.2) is 59.6 Å². The summed E-state index contributed by atoms with van der Waals surface area (Å²) in [7, 11) is 1.45. The Labute approximate surface area is 172 Å². The van der Waals surface area contributed by atoms with Crippen molar-refractivity contribution in [3.05, 3.63) is 54.6 Å². The molecule has 0 spiro atoms. The highest BCUT2D eigenvalue weighted by atomic mass is 16.2. The maximum atomic E-state index is 12.8. The first-order chi connectivity index (χ1) is 14.6. The van der Waals surface area contributed by atoms with Crippen LogP contribution in [-0.4, -0.2) is 62.1 Å². The number of rotatable bonds is 5. The predicted molar refractivity (Wildman–Crippen MR) is 112 cm³/mol. The molecular weight excluding hydrogens is 384 g/mol. The molecule has 152 valence electrons. The number of nitrogens with one attached hydrogen (secondary N) is 1. The Kier molecular flexibility index (Phi) is 5.21. The van der Waals surface area contributed by atoms with Crippen LogP contribution in [0, 0.1) is 0 Å². The maximum Gasteiger partial charge on any atom is 0.274 e. The van der Waals surface area contributed by atoms with E-state index in [0.29, 0.717) is 30.2 Å². The molecule has 0 saturated carbocycles. The lowest BCUT2D eigenvalue weighted by Crippen LogP contribution is -2.45. The minimum Gasteiger partial charge on any atom is -0.404 e. The highest BCUT2D eigenvalue weighted by Crippen LogP contribution is 2.18. The van der Waals surface area contributed by atoms with E-state index in [1.807, 2.05) is 12.1 Å². The van der Waals surface area contributed by atoms with Crippen LogP contribution in [0.4, 0.5) is 5.69 Å². The van der Waals surface area contributed by atoms with Crippen LogP contribution >= 0.6 is 0 Å². The highest BCUT2D eigenvalue weighted by Gasteiger charge is 2.29. The Morgan fingerprint density at radius 1 is 1.23 bits per heavy atom. The van der Waals surface area contributed by atoms with Gasteiger partial charge in [-0.15, -0.1) is 5.10 Å². The van der Waals surface area contributed by atoms with E-state index in [1.54, 1.807) is 40.1 Å². The molecule has 10 nitrogen and oxygen atoms in total. The second-order valence-electron chi connectivity index (χ2n) is 6.64. The van der Waals surface area contributed by atoms with Gasteiger partial charge in [-0.1, -0.05) is 0 Å². The number of anilines is 1. The van der Waals surface area contributed by atoms with Crippen molar-refractivity contribution in [2.45, 2.75) is 6.42 Å². The Morgan fingerprint density at radius 2 is 2.00 bits per heavy atom. The first kappa shape index (κ1) is 19.2. The van der Waals surface area contributed by atoms with Crippen molar-refractivity contribution in [2.75, 3.05) is 25.5 Å². The molecule has 0 atom stereocenters. The summed E-state index contributed by atoms with van der Waals surface area (Å²) in [5.41, 5.74) is 7.58. The molecule has 1 aliphatic rings. The summed E-state index contributed by atoms with van der Waals surface area (Å²) in [5.74, 6) is -0.277.